The van der Waals surface area contributed by atoms with Gasteiger partial charge in [0.25, 0.3) is 0 Å². The molecule has 0 aromatic heterocycles. The lowest BCUT2D eigenvalue weighted by Crippen LogP contribution is -2.43. The van der Waals surface area contributed by atoms with E-state index in [0.717, 1.165) is 24.8 Å². The summed E-state index contributed by atoms with van der Waals surface area (Å²) in [5.74, 6) is -0.110. The summed E-state index contributed by atoms with van der Waals surface area (Å²) in [6.07, 6.45) is 4.93. The van der Waals surface area contributed by atoms with Crippen LogP contribution >= 0.6 is 0 Å². The minimum atomic E-state index is -0.759. The van der Waals surface area contributed by atoms with Crippen LogP contribution in [0.5, 0.6) is 0 Å². The van der Waals surface area contributed by atoms with Crippen molar-refractivity contribution in [1.29, 1.82) is 0 Å². The summed E-state index contributed by atoms with van der Waals surface area (Å²) in [6, 6.07) is 20.2. The Morgan fingerprint density at radius 3 is 2.25 bits per heavy atom. The van der Waals surface area contributed by atoms with Crippen LogP contribution in [-0.4, -0.2) is 23.2 Å². The molecule has 3 rings (SSSR count). The zero-order chi connectivity index (χ0) is 16.8. The van der Waals surface area contributed by atoms with Gasteiger partial charge in [-0.15, -0.1) is 0 Å². The Morgan fingerprint density at radius 1 is 1.00 bits per heavy atom. The van der Waals surface area contributed by atoms with Crippen LogP contribution in [0.15, 0.2) is 60.7 Å². The monoisotopic (exact) mass is 323 g/mol. The first-order valence-electron chi connectivity index (χ1n) is 8.77. The first-order valence-corrected chi connectivity index (χ1v) is 8.77. The Bertz CT molecular complexity index is 641. The summed E-state index contributed by atoms with van der Waals surface area (Å²) in [7, 11) is 0. The van der Waals surface area contributed by atoms with Crippen molar-refractivity contribution in [3.8, 4) is 0 Å². The molecule has 0 amide bonds. The molecule has 2 aromatic rings. The lowest BCUT2D eigenvalue weighted by molar-refractivity contribution is -0.139. The van der Waals surface area contributed by atoms with Gasteiger partial charge in [-0.1, -0.05) is 60.7 Å². The van der Waals surface area contributed by atoms with E-state index in [1.165, 1.54) is 12.0 Å². The molecular formula is C21H25NO2. The summed E-state index contributed by atoms with van der Waals surface area (Å²) < 4.78 is 0. The second kappa shape index (κ2) is 8.11. The average Bonchev–Trinajstić information content (AvgIpc) is 3.03. The minimum absolute atomic E-state index is 0.309. The maximum atomic E-state index is 11.6. The van der Waals surface area contributed by atoms with Gasteiger partial charge in [-0.3, -0.25) is 4.79 Å². The zero-order valence-corrected chi connectivity index (χ0v) is 13.9. The van der Waals surface area contributed by atoms with E-state index in [9.17, 15) is 9.90 Å². The number of rotatable bonds is 7. The van der Waals surface area contributed by atoms with E-state index < -0.39 is 12.0 Å². The number of carboxylic acids is 1. The Kier molecular flexibility index (Phi) is 5.65. The molecular weight excluding hydrogens is 298 g/mol. The Hall–Kier alpha value is -2.13. The quantitative estimate of drug-likeness (QED) is 0.817. The van der Waals surface area contributed by atoms with E-state index >= 15 is 0 Å². The highest BCUT2D eigenvalue weighted by atomic mass is 16.4. The third-order valence-electron chi connectivity index (χ3n) is 4.93. The molecule has 0 aliphatic heterocycles. The van der Waals surface area contributed by atoms with Crippen molar-refractivity contribution >= 4 is 5.97 Å². The maximum absolute atomic E-state index is 11.6. The number of aliphatic carboxylic acids is 1. The second-order valence-electron chi connectivity index (χ2n) is 6.81. The van der Waals surface area contributed by atoms with Crippen molar-refractivity contribution in [3.05, 3.63) is 71.8 Å². The standard InChI is InChI=1S/C21H25NO2/c23-21(24)20(15-17-9-5-2-6-10-17)22-19-12-11-18(14-19)13-16-7-3-1-4-8-16/h1-10,18-20,22H,11-15H2,(H,23,24)/t18?,19?,20-/m0/s1. The van der Waals surface area contributed by atoms with E-state index in [-0.39, 0.29) is 0 Å². The third kappa shape index (κ3) is 4.68. The van der Waals surface area contributed by atoms with E-state index in [1.54, 1.807) is 0 Å². The predicted molar refractivity (Wildman–Crippen MR) is 96.0 cm³/mol. The molecule has 2 aromatic carbocycles. The Labute approximate surface area is 143 Å². The third-order valence-corrected chi connectivity index (χ3v) is 4.93. The van der Waals surface area contributed by atoms with Crippen LogP contribution in [0.3, 0.4) is 0 Å². The summed E-state index contributed by atoms with van der Waals surface area (Å²) in [6.45, 7) is 0. The largest absolute Gasteiger partial charge is 0.480 e. The smallest absolute Gasteiger partial charge is 0.321 e. The van der Waals surface area contributed by atoms with Crippen molar-refractivity contribution in [1.82, 2.24) is 5.32 Å². The van der Waals surface area contributed by atoms with Crippen LogP contribution in [-0.2, 0) is 17.6 Å². The predicted octanol–water partition coefficient (Wildman–Crippen LogP) is 3.68. The van der Waals surface area contributed by atoms with Crippen LogP contribution in [0, 0.1) is 5.92 Å². The van der Waals surface area contributed by atoms with Gasteiger partial charge in [-0.05, 0) is 49.1 Å². The normalized spacial score (nSPS) is 21.5. The van der Waals surface area contributed by atoms with Crippen molar-refractivity contribution in [2.24, 2.45) is 5.92 Å². The molecule has 0 radical (unpaired) electrons. The number of hydrogen-bond donors (Lipinski definition) is 2. The van der Waals surface area contributed by atoms with Crippen molar-refractivity contribution in [3.63, 3.8) is 0 Å². The van der Waals surface area contributed by atoms with Gasteiger partial charge in [0, 0.05) is 6.04 Å². The SMILES string of the molecule is O=C(O)[C@H](Cc1ccccc1)NC1CCC(Cc2ccccc2)C1. The molecule has 126 valence electrons. The van der Waals surface area contributed by atoms with Crippen LogP contribution < -0.4 is 5.32 Å². The van der Waals surface area contributed by atoms with Gasteiger partial charge >= 0.3 is 5.97 Å². The highest BCUT2D eigenvalue weighted by Gasteiger charge is 2.28. The lowest BCUT2D eigenvalue weighted by atomic mass is 9.97. The molecule has 3 heteroatoms. The number of benzene rings is 2. The molecule has 1 aliphatic carbocycles. The van der Waals surface area contributed by atoms with Crippen LogP contribution in [0.2, 0.25) is 0 Å². The summed E-state index contributed by atoms with van der Waals surface area (Å²) in [5.41, 5.74) is 2.44. The van der Waals surface area contributed by atoms with E-state index in [0.29, 0.717) is 18.4 Å². The lowest BCUT2D eigenvalue weighted by Gasteiger charge is -2.20. The molecule has 1 saturated carbocycles. The van der Waals surface area contributed by atoms with E-state index in [4.69, 9.17) is 0 Å². The van der Waals surface area contributed by atoms with Gasteiger partial charge in [0.15, 0.2) is 0 Å². The molecule has 3 atom stereocenters. The first kappa shape index (κ1) is 16.7. The summed E-state index contributed by atoms with van der Waals surface area (Å²) >= 11 is 0. The fourth-order valence-corrected chi connectivity index (χ4v) is 3.71. The molecule has 3 nitrogen and oxygen atoms in total. The molecule has 2 unspecified atom stereocenters. The molecule has 0 spiro atoms. The zero-order valence-electron chi connectivity index (χ0n) is 13.9. The Morgan fingerprint density at radius 2 is 1.62 bits per heavy atom. The highest BCUT2D eigenvalue weighted by molar-refractivity contribution is 5.74. The van der Waals surface area contributed by atoms with Crippen LogP contribution in [0.25, 0.3) is 0 Å². The van der Waals surface area contributed by atoms with Gasteiger partial charge in [0.05, 0.1) is 0 Å². The van der Waals surface area contributed by atoms with Gasteiger partial charge in [-0.2, -0.15) is 0 Å². The molecule has 0 saturated heterocycles. The van der Waals surface area contributed by atoms with Gasteiger partial charge in [0.1, 0.15) is 6.04 Å². The number of hydrogen-bond acceptors (Lipinski definition) is 2. The minimum Gasteiger partial charge on any atom is -0.480 e. The molecule has 0 bridgehead atoms. The van der Waals surface area contributed by atoms with E-state index in [1.807, 2.05) is 36.4 Å². The van der Waals surface area contributed by atoms with Gasteiger partial charge < -0.3 is 10.4 Å². The molecule has 0 heterocycles. The van der Waals surface area contributed by atoms with Gasteiger partial charge in [0.2, 0.25) is 0 Å². The number of carbonyl (C=O) groups is 1. The van der Waals surface area contributed by atoms with Gasteiger partial charge in [-0.25, -0.2) is 0 Å². The van der Waals surface area contributed by atoms with Crippen molar-refractivity contribution < 1.29 is 9.90 Å². The topological polar surface area (TPSA) is 49.3 Å². The van der Waals surface area contributed by atoms with Crippen molar-refractivity contribution in [2.75, 3.05) is 0 Å². The fraction of sp³-hybridized carbons (Fsp3) is 0.381. The number of nitrogens with one attached hydrogen (secondary N) is 1. The van der Waals surface area contributed by atoms with E-state index in [2.05, 4.69) is 29.6 Å². The first-order chi connectivity index (χ1) is 11.7. The van der Waals surface area contributed by atoms with Crippen LogP contribution in [0.1, 0.15) is 30.4 Å². The van der Waals surface area contributed by atoms with Crippen LogP contribution in [0.4, 0.5) is 0 Å². The summed E-state index contributed by atoms with van der Waals surface area (Å²) in [5, 5.41) is 12.9. The maximum Gasteiger partial charge on any atom is 0.321 e. The molecule has 1 aliphatic rings. The van der Waals surface area contributed by atoms with Crippen molar-refractivity contribution in [2.45, 2.75) is 44.2 Å². The molecule has 2 N–H and O–H groups in total. The summed E-state index contributed by atoms with van der Waals surface area (Å²) in [4.78, 5) is 11.6. The molecule has 1 fully saturated rings. The Balaban J connectivity index is 1.53. The second-order valence-corrected chi connectivity index (χ2v) is 6.81. The fourth-order valence-electron chi connectivity index (χ4n) is 3.71. The highest BCUT2D eigenvalue weighted by Crippen LogP contribution is 2.29. The average molecular weight is 323 g/mol. The number of carboxylic acid groups (broad SMARTS) is 1. The molecule has 24 heavy (non-hydrogen) atoms.